The molecule has 0 aliphatic carbocycles. The van der Waals surface area contributed by atoms with Gasteiger partial charge < -0.3 is 11.1 Å². The van der Waals surface area contributed by atoms with Crippen LogP contribution in [0, 0.1) is 5.92 Å². The van der Waals surface area contributed by atoms with E-state index in [-0.39, 0.29) is 18.0 Å². The standard InChI is InChI=1S/C15H31N3O/c1-5-7-11(3)17-15(19)12(4)18-9-8-14(16)13(6-2)10-18/h11-14H,5-10,16H2,1-4H3,(H,17,19). The fraction of sp³-hybridized carbons (Fsp3) is 0.933. The second-order valence-corrected chi connectivity index (χ2v) is 5.99. The van der Waals surface area contributed by atoms with Crippen LogP contribution >= 0.6 is 0 Å². The van der Waals surface area contributed by atoms with Gasteiger partial charge in [-0.05, 0) is 32.6 Å². The summed E-state index contributed by atoms with van der Waals surface area (Å²) in [5, 5.41) is 3.11. The molecule has 1 fully saturated rings. The second kappa shape index (κ2) is 7.85. The van der Waals surface area contributed by atoms with E-state index in [1.807, 2.05) is 6.92 Å². The summed E-state index contributed by atoms with van der Waals surface area (Å²) < 4.78 is 0. The van der Waals surface area contributed by atoms with Crippen molar-refractivity contribution in [1.82, 2.24) is 10.2 Å². The number of nitrogens with two attached hydrogens (primary N) is 1. The Morgan fingerprint density at radius 1 is 1.42 bits per heavy atom. The zero-order valence-electron chi connectivity index (χ0n) is 13.0. The van der Waals surface area contributed by atoms with Gasteiger partial charge in [-0.15, -0.1) is 0 Å². The smallest absolute Gasteiger partial charge is 0.237 e. The maximum Gasteiger partial charge on any atom is 0.237 e. The topological polar surface area (TPSA) is 58.4 Å². The van der Waals surface area contributed by atoms with Crippen LogP contribution in [0.15, 0.2) is 0 Å². The number of nitrogens with zero attached hydrogens (tertiary/aromatic N) is 1. The molecule has 1 saturated heterocycles. The minimum absolute atomic E-state index is 0.0409. The van der Waals surface area contributed by atoms with Crippen LogP contribution in [0.2, 0.25) is 0 Å². The molecule has 112 valence electrons. The molecule has 0 aromatic carbocycles. The van der Waals surface area contributed by atoms with Gasteiger partial charge in [-0.3, -0.25) is 9.69 Å². The van der Waals surface area contributed by atoms with E-state index >= 15 is 0 Å². The third kappa shape index (κ3) is 4.77. The maximum absolute atomic E-state index is 12.2. The Bertz CT molecular complexity index is 283. The number of hydrogen-bond acceptors (Lipinski definition) is 3. The molecule has 4 atom stereocenters. The summed E-state index contributed by atoms with van der Waals surface area (Å²) in [4.78, 5) is 14.5. The third-order valence-electron chi connectivity index (χ3n) is 4.39. The summed E-state index contributed by atoms with van der Waals surface area (Å²) >= 11 is 0. The van der Waals surface area contributed by atoms with Crippen LogP contribution in [0.3, 0.4) is 0 Å². The molecule has 0 aromatic heterocycles. The fourth-order valence-electron chi connectivity index (χ4n) is 2.90. The quantitative estimate of drug-likeness (QED) is 0.772. The first-order valence-electron chi connectivity index (χ1n) is 7.79. The molecule has 4 unspecified atom stereocenters. The summed E-state index contributed by atoms with van der Waals surface area (Å²) in [6, 6.07) is 0.533. The fourth-order valence-corrected chi connectivity index (χ4v) is 2.90. The zero-order chi connectivity index (χ0) is 14.4. The summed E-state index contributed by atoms with van der Waals surface area (Å²) in [5.74, 6) is 0.684. The lowest BCUT2D eigenvalue weighted by Gasteiger charge is -2.39. The Balaban J connectivity index is 2.48. The average Bonchev–Trinajstić information content (AvgIpc) is 2.38. The van der Waals surface area contributed by atoms with Crippen molar-refractivity contribution >= 4 is 5.91 Å². The largest absolute Gasteiger partial charge is 0.352 e. The van der Waals surface area contributed by atoms with Crippen molar-refractivity contribution in [3.05, 3.63) is 0 Å². The summed E-state index contributed by atoms with van der Waals surface area (Å²) in [5.41, 5.74) is 6.12. The van der Waals surface area contributed by atoms with Crippen LogP contribution in [0.25, 0.3) is 0 Å². The van der Waals surface area contributed by atoms with Crippen molar-refractivity contribution in [1.29, 1.82) is 0 Å². The van der Waals surface area contributed by atoms with Gasteiger partial charge in [0.15, 0.2) is 0 Å². The molecule has 0 spiro atoms. The molecule has 1 amide bonds. The van der Waals surface area contributed by atoms with Crippen molar-refractivity contribution in [2.75, 3.05) is 13.1 Å². The van der Waals surface area contributed by atoms with Gasteiger partial charge in [0.1, 0.15) is 0 Å². The first-order chi connectivity index (χ1) is 8.99. The van der Waals surface area contributed by atoms with Gasteiger partial charge in [0.2, 0.25) is 5.91 Å². The highest BCUT2D eigenvalue weighted by Gasteiger charge is 2.30. The molecule has 4 nitrogen and oxygen atoms in total. The first kappa shape index (κ1) is 16.4. The number of carbonyl (C=O) groups is 1. The summed E-state index contributed by atoms with van der Waals surface area (Å²) in [6.07, 6.45) is 4.24. The van der Waals surface area contributed by atoms with Crippen molar-refractivity contribution in [3.8, 4) is 0 Å². The van der Waals surface area contributed by atoms with Crippen LogP contribution in [-0.4, -0.2) is 42.0 Å². The molecule has 0 saturated carbocycles. The number of piperidine rings is 1. The summed E-state index contributed by atoms with van der Waals surface area (Å²) in [7, 11) is 0. The average molecular weight is 269 g/mol. The molecule has 0 radical (unpaired) electrons. The van der Waals surface area contributed by atoms with Gasteiger partial charge in [0.25, 0.3) is 0 Å². The normalized spacial score (nSPS) is 27.8. The predicted molar refractivity (Wildman–Crippen MR) is 79.9 cm³/mol. The zero-order valence-corrected chi connectivity index (χ0v) is 13.0. The number of carbonyl (C=O) groups excluding carboxylic acids is 1. The molecule has 1 aliphatic heterocycles. The Morgan fingerprint density at radius 3 is 2.68 bits per heavy atom. The minimum atomic E-state index is -0.0409. The predicted octanol–water partition coefficient (Wildman–Crippen LogP) is 1.74. The molecular formula is C15H31N3O. The van der Waals surface area contributed by atoms with Gasteiger partial charge in [0.05, 0.1) is 6.04 Å². The van der Waals surface area contributed by atoms with Crippen LogP contribution in [0.1, 0.15) is 53.4 Å². The monoisotopic (exact) mass is 269 g/mol. The van der Waals surface area contributed by atoms with E-state index in [4.69, 9.17) is 5.73 Å². The first-order valence-corrected chi connectivity index (χ1v) is 7.79. The number of rotatable bonds is 6. The van der Waals surface area contributed by atoms with Crippen LogP contribution in [0.4, 0.5) is 0 Å². The van der Waals surface area contributed by atoms with E-state index in [2.05, 4.69) is 31.0 Å². The van der Waals surface area contributed by atoms with E-state index in [1.54, 1.807) is 0 Å². The van der Waals surface area contributed by atoms with Gasteiger partial charge in [-0.1, -0.05) is 26.7 Å². The molecule has 0 bridgehead atoms. The highest BCUT2D eigenvalue weighted by atomic mass is 16.2. The van der Waals surface area contributed by atoms with Crippen LogP contribution < -0.4 is 11.1 Å². The second-order valence-electron chi connectivity index (χ2n) is 5.99. The van der Waals surface area contributed by atoms with E-state index < -0.39 is 0 Å². The van der Waals surface area contributed by atoms with Gasteiger partial charge in [-0.25, -0.2) is 0 Å². The Kier molecular flexibility index (Phi) is 6.80. The molecule has 1 aliphatic rings. The Hall–Kier alpha value is -0.610. The minimum Gasteiger partial charge on any atom is -0.352 e. The highest BCUT2D eigenvalue weighted by molar-refractivity contribution is 5.81. The number of hydrogen-bond donors (Lipinski definition) is 2. The Morgan fingerprint density at radius 2 is 2.11 bits per heavy atom. The van der Waals surface area contributed by atoms with Crippen molar-refractivity contribution in [3.63, 3.8) is 0 Å². The third-order valence-corrected chi connectivity index (χ3v) is 4.39. The lowest BCUT2D eigenvalue weighted by molar-refractivity contribution is -0.127. The van der Waals surface area contributed by atoms with E-state index in [0.717, 1.165) is 38.8 Å². The molecule has 3 N–H and O–H groups in total. The number of amides is 1. The van der Waals surface area contributed by atoms with Crippen molar-refractivity contribution in [2.24, 2.45) is 11.7 Å². The van der Waals surface area contributed by atoms with Gasteiger partial charge in [-0.2, -0.15) is 0 Å². The molecule has 1 rings (SSSR count). The molecule has 4 heteroatoms. The van der Waals surface area contributed by atoms with E-state index in [1.165, 1.54) is 0 Å². The van der Waals surface area contributed by atoms with Crippen LogP contribution in [0.5, 0.6) is 0 Å². The molecule has 0 aromatic rings. The van der Waals surface area contributed by atoms with E-state index in [9.17, 15) is 4.79 Å². The molecule has 1 heterocycles. The molecular weight excluding hydrogens is 238 g/mol. The summed E-state index contributed by atoms with van der Waals surface area (Å²) in [6.45, 7) is 10.3. The van der Waals surface area contributed by atoms with Crippen molar-refractivity contribution < 1.29 is 4.79 Å². The SMILES string of the molecule is CCCC(C)NC(=O)C(C)N1CCC(N)C(CC)C1. The van der Waals surface area contributed by atoms with E-state index in [0.29, 0.717) is 12.0 Å². The Labute approximate surface area is 118 Å². The number of likely N-dealkylation sites (tertiary alicyclic amines) is 1. The van der Waals surface area contributed by atoms with Gasteiger partial charge in [0, 0.05) is 25.2 Å². The molecule has 19 heavy (non-hydrogen) atoms. The lowest BCUT2D eigenvalue weighted by Crippen LogP contribution is -2.54. The number of nitrogens with one attached hydrogen (secondary N) is 1. The lowest BCUT2D eigenvalue weighted by atomic mass is 9.90. The van der Waals surface area contributed by atoms with Crippen LogP contribution in [-0.2, 0) is 4.79 Å². The van der Waals surface area contributed by atoms with Crippen molar-refractivity contribution in [2.45, 2.75) is 71.5 Å². The van der Waals surface area contributed by atoms with Gasteiger partial charge >= 0.3 is 0 Å². The highest BCUT2D eigenvalue weighted by Crippen LogP contribution is 2.20. The maximum atomic E-state index is 12.2.